The highest BCUT2D eigenvalue weighted by Crippen LogP contribution is 2.61. The van der Waals surface area contributed by atoms with Crippen molar-refractivity contribution in [3.63, 3.8) is 0 Å². The molecule has 0 atom stereocenters. The van der Waals surface area contributed by atoms with E-state index >= 15 is 0 Å². The number of hydrogen-bond donors (Lipinski definition) is 1. The predicted octanol–water partition coefficient (Wildman–Crippen LogP) is 3.03. The fourth-order valence-corrected chi connectivity index (χ4v) is 5.15. The molecule has 4 aliphatic carbocycles. The van der Waals surface area contributed by atoms with E-state index in [1.54, 1.807) is 0 Å². The van der Waals surface area contributed by atoms with Gasteiger partial charge in [0.15, 0.2) is 0 Å². The van der Waals surface area contributed by atoms with E-state index in [4.69, 9.17) is 0 Å². The Balaban J connectivity index is 1.78. The molecule has 5 rings (SSSR count). The van der Waals surface area contributed by atoms with Gasteiger partial charge in [-0.2, -0.15) is 0 Å². The van der Waals surface area contributed by atoms with E-state index < -0.39 is 5.60 Å². The van der Waals surface area contributed by atoms with Crippen LogP contribution < -0.4 is 0 Å². The van der Waals surface area contributed by atoms with Crippen molar-refractivity contribution >= 4 is 0 Å². The van der Waals surface area contributed by atoms with Crippen LogP contribution in [0.1, 0.15) is 43.2 Å². The van der Waals surface area contributed by atoms with Crippen LogP contribution in [0.3, 0.4) is 0 Å². The fraction of sp³-hybridized carbons (Fsp3) is 0.688. The summed E-state index contributed by atoms with van der Waals surface area (Å²) in [5, 5.41) is 11.3. The SMILES string of the molecule is Cc1cncc(C2(O)C3CC4CC(C3)CC2C4)c1. The van der Waals surface area contributed by atoms with Crippen molar-refractivity contribution in [1.29, 1.82) is 0 Å². The monoisotopic (exact) mass is 243 g/mol. The van der Waals surface area contributed by atoms with E-state index in [2.05, 4.69) is 18.0 Å². The number of aromatic nitrogens is 1. The zero-order chi connectivity index (χ0) is 12.3. The van der Waals surface area contributed by atoms with Gasteiger partial charge in [0.2, 0.25) is 0 Å². The summed E-state index contributed by atoms with van der Waals surface area (Å²) in [4.78, 5) is 4.30. The highest BCUT2D eigenvalue weighted by molar-refractivity contribution is 5.28. The van der Waals surface area contributed by atoms with E-state index in [9.17, 15) is 5.11 Å². The molecular formula is C16H21NO. The second-order valence-corrected chi connectivity index (χ2v) is 6.88. The number of aliphatic hydroxyl groups is 1. The van der Waals surface area contributed by atoms with E-state index in [0.717, 1.165) is 23.0 Å². The van der Waals surface area contributed by atoms with Gasteiger partial charge in [0.05, 0.1) is 5.60 Å². The van der Waals surface area contributed by atoms with Crippen LogP contribution in [0.2, 0.25) is 0 Å². The Morgan fingerprint density at radius 3 is 2.22 bits per heavy atom. The molecule has 4 bridgehead atoms. The molecule has 2 heteroatoms. The highest BCUT2D eigenvalue weighted by Gasteiger charge is 2.57. The highest BCUT2D eigenvalue weighted by atomic mass is 16.3. The molecule has 2 nitrogen and oxygen atoms in total. The van der Waals surface area contributed by atoms with E-state index in [1.807, 2.05) is 12.4 Å². The predicted molar refractivity (Wildman–Crippen MR) is 69.9 cm³/mol. The van der Waals surface area contributed by atoms with E-state index in [1.165, 1.54) is 32.1 Å². The van der Waals surface area contributed by atoms with Crippen LogP contribution in [-0.2, 0) is 5.60 Å². The molecule has 18 heavy (non-hydrogen) atoms. The van der Waals surface area contributed by atoms with Crippen LogP contribution in [0.4, 0.5) is 0 Å². The van der Waals surface area contributed by atoms with Gasteiger partial charge in [-0.15, -0.1) is 0 Å². The molecule has 4 fully saturated rings. The molecule has 1 aromatic heterocycles. The third-order valence-corrected chi connectivity index (χ3v) is 5.72. The number of aryl methyl sites for hydroxylation is 1. The summed E-state index contributed by atoms with van der Waals surface area (Å²) in [6.45, 7) is 2.07. The van der Waals surface area contributed by atoms with Crippen LogP contribution in [0, 0.1) is 30.6 Å². The van der Waals surface area contributed by atoms with Crippen LogP contribution >= 0.6 is 0 Å². The van der Waals surface area contributed by atoms with Crippen molar-refractivity contribution in [2.24, 2.45) is 23.7 Å². The smallest absolute Gasteiger partial charge is 0.0967 e. The van der Waals surface area contributed by atoms with Gasteiger partial charge >= 0.3 is 0 Å². The average Bonchev–Trinajstić information content (AvgIpc) is 2.35. The van der Waals surface area contributed by atoms with Gasteiger partial charge in [0.25, 0.3) is 0 Å². The zero-order valence-corrected chi connectivity index (χ0v) is 11.0. The fourth-order valence-electron chi connectivity index (χ4n) is 5.15. The van der Waals surface area contributed by atoms with Crippen molar-refractivity contribution in [2.45, 2.75) is 44.6 Å². The lowest BCUT2D eigenvalue weighted by Gasteiger charge is -2.59. The summed E-state index contributed by atoms with van der Waals surface area (Å²) < 4.78 is 0. The summed E-state index contributed by atoms with van der Waals surface area (Å²) in [7, 11) is 0. The number of nitrogens with zero attached hydrogens (tertiary/aromatic N) is 1. The molecule has 0 saturated heterocycles. The second-order valence-electron chi connectivity index (χ2n) is 6.88. The van der Waals surface area contributed by atoms with Crippen LogP contribution in [-0.4, -0.2) is 10.1 Å². The Kier molecular flexibility index (Phi) is 2.18. The Bertz CT molecular complexity index is 454. The normalized spacial score (nSPS) is 45.4. The van der Waals surface area contributed by atoms with Crippen LogP contribution in [0.25, 0.3) is 0 Å². The number of rotatable bonds is 1. The molecule has 0 aliphatic heterocycles. The molecule has 4 aliphatic rings. The molecule has 0 aromatic carbocycles. The molecular weight excluding hydrogens is 222 g/mol. The van der Waals surface area contributed by atoms with Gasteiger partial charge in [0, 0.05) is 18.0 Å². The van der Waals surface area contributed by atoms with Gasteiger partial charge in [0.1, 0.15) is 0 Å². The first-order valence-electron chi connectivity index (χ1n) is 7.30. The van der Waals surface area contributed by atoms with E-state index in [0.29, 0.717) is 11.8 Å². The Morgan fingerprint density at radius 2 is 1.67 bits per heavy atom. The maximum Gasteiger partial charge on any atom is 0.0967 e. The quantitative estimate of drug-likeness (QED) is 0.822. The second kappa shape index (κ2) is 3.57. The van der Waals surface area contributed by atoms with Crippen molar-refractivity contribution < 1.29 is 5.11 Å². The third kappa shape index (κ3) is 1.36. The first-order chi connectivity index (χ1) is 8.66. The molecule has 0 spiro atoms. The molecule has 4 saturated carbocycles. The van der Waals surface area contributed by atoms with Crippen LogP contribution in [0.15, 0.2) is 18.5 Å². The summed E-state index contributed by atoms with van der Waals surface area (Å²) in [6.07, 6.45) is 10.1. The van der Waals surface area contributed by atoms with Gasteiger partial charge in [-0.25, -0.2) is 0 Å². The summed E-state index contributed by atoms with van der Waals surface area (Å²) >= 11 is 0. The van der Waals surface area contributed by atoms with Gasteiger partial charge in [-0.3, -0.25) is 4.98 Å². The van der Waals surface area contributed by atoms with Crippen molar-refractivity contribution in [2.75, 3.05) is 0 Å². The molecule has 1 aromatic rings. The minimum atomic E-state index is -0.577. The maximum absolute atomic E-state index is 11.3. The van der Waals surface area contributed by atoms with Gasteiger partial charge < -0.3 is 5.11 Å². The summed E-state index contributed by atoms with van der Waals surface area (Å²) in [6, 6.07) is 2.15. The van der Waals surface area contributed by atoms with Gasteiger partial charge in [-0.1, -0.05) is 6.07 Å². The first kappa shape index (κ1) is 11.0. The van der Waals surface area contributed by atoms with Crippen molar-refractivity contribution in [1.82, 2.24) is 4.98 Å². The average molecular weight is 243 g/mol. The lowest BCUT2D eigenvalue weighted by molar-refractivity contribution is -0.179. The lowest BCUT2D eigenvalue weighted by Crippen LogP contribution is -2.55. The molecule has 1 heterocycles. The van der Waals surface area contributed by atoms with Crippen LogP contribution in [0.5, 0.6) is 0 Å². The Morgan fingerprint density at radius 1 is 1.06 bits per heavy atom. The number of pyridine rings is 1. The molecule has 96 valence electrons. The molecule has 1 N–H and O–H groups in total. The summed E-state index contributed by atoms with van der Waals surface area (Å²) in [5.41, 5.74) is 1.66. The standard InChI is InChI=1S/C16H21NO/c1-10-2-15(9-17-8-10)16(18)13-4-11-3-12(6-13)7-14(16)5-11/h2,8-9,11-14,18H,3-7H2,1H3. The lowest BCUT2D eigenvalue weighted by atomic mass is 9.48. The van der Waals surface area contributed by atoms with Gasteiger partial charge in [-0.05, 0) is 68.3 Å². The first-order valence-corrected chi connectivity index (χ1v) is 7.30. The topological polar surface area (TPSA) is 33.1 Å². The minimum absolute atomic E-state index is 0.484. The van der Waals surface area contributed by atoms with E-state index in [-0.39, 0.29) is 0 Å². The molecule has 0 unspecified atom stereocenters. The Labute approximate surface area is 108 Å². The third-order valence-electron chi connectivity index (χ3n) is 5.72. The Hall–Kier alpha value is -0.890. The zero-order valence-electron chi connectivity index (χ0n) is 11.0. The van der Waals surface area contributed by atoms with Crippen molar-refractivity contribution in [3.8, 4) is 0 Å². The number of hydrogen-bond acceptors (Lipinski definition) is 2. The van der Waals surface area contributed by atoms with Crippen molar-refractivity contribution in [3.05, 3.63) is 29.6 Å². The largest absolute Gasteiger partial charge is 0.385 e. The maximum atomic E-state index is 11.3. The molecule has 0 radical (unpaired) electrons. The minimum Gasteiger partial charge on any atom is -0.385 e. The molecule has 0 amide bonds. The summed E-state index contributed by atoms with van der Waals surface area (Å²) in [5.74, 6) is 2.76.